The van der Waals surface area contributed by atoms with Crippen LogP contribution in [0.1, 0.15) is 18.1 Å². The van der Waals surface area contributed by atoms with E-state index < -0.39 is 0 Å². The average Bonchev–Trinajstić information content (AvgIpc) is 2.81. The Hall–Kier alpha value is -1.81. The molecule has 1 aliphatic heterocycles. The highest BCUT2D eigenvalue weighted by Crippen LogP contribution is 2.34. The molecule has 0 fully saturated rings. The maximum atomic E-state index is 12.4. The summed E-state index contributed by atoms with van der Waals surface area (Å²) in [5, 5.41) is 0. The van der Waals surface area contributed by atoms with Crippen LogP contribution in [0, 0.1) is 0 Å². The van der Waals surface area contributed by atoms with Crippen molar-refractivity contribution < 1.29 is 9.53 Å². The molecule has 0 saturated heterocycles. The Labute approximate surface area is 132 Å². The van der Waals surface area contributed by atoms with E-state index in [1.807, 2.05) is 49.4 Å². The van der Waals surface area contributed by atoms with Gasteiger partial charge in [0, 0.05) is 10.5 Å². The quantitative estimate of drug-likeness (QED) is 0.799. The first-order chi connectivity index (χ1) is 10.1. The maximum Gasteiger partial charge on any atom is 0.414 e. The number of ether oxygens (including phenoxy) is 1. The Morgan fingerprint density at radius 1 is 1.29 bits per heavy atom. The molecular formula is C17H16BrNO2. The SMILES string of the molecule is C[C@H]1Cc2cc(Br)ccc2N1C(=O)OCc1ccccc1. The molecule has 2 aromatic carbocycles. The standard InChI is InChI=1S/C17H16BrNO2/c1-12-9-14-10-15(18)7-8-16(14)19(12)17(20)21-11-13-5-3-2-4-6-13/h2-8,10,12H,9,11H2,1H3/t12-/m0/s1. The molecule has 4 heteroatoms. The maximum absolute atomic E-state index is 12.4. The summed E-state index contributed by atoms with van der Waals surface area (Å²) in [7, 11) is 0. The molecule has 0 spiro atoms. The lowest BCUT2D eigenvalue weighted by Crippen LogP contribution is -2.36. The molecule has 3 nitrogen and oxygen atoms in total. The van der Waals surface area contributed by atoms with E-state index in [4.69, 9.17) is 4.74 Å². The molecule has 0 bridgehead atoms. The van der Waals surface area contributed by atoms with Gasteiger partial charge < -0.3 is 4.74 Å². The number of benzene rings is 2. The van der Waals surface area contributed by atoms with Gasteiger partial charge in [-0.15, -0.1) is 0 Å². The van der Waals surface area contributed by atoms with Crippen LogP contribution in [-0.4, -0.2) is 12.1 Å². The molecule has 0 radical (unpaired) electrons. The van der Waals surface area contributed by atoms with Gasteiger partial charge >= 0.3 is 6.09 Å². The van der Waals surface area contributed by atoms with E-state index in [0.717, 1.165) is 22.1 Å². The fourth-order valence-electron chi connectivity index (χ4n) is 2.67. The Morgan fingerprint density at radius 3 is 2.81 bits per heavy atom. The third-order valence-electron chi connectivity index (χ3n) is 3.66. The summed E-state index contributed by atoms with van der Waals surface area (Å²) in [6.07, 6.45) is 0.572. The van der Waals surface area contributed by atoms with Crippen molar-refractivity contribution in [3.63, 3.8) is 0 Å². The fraction of sp³-hybridized carbons (Fsp3) is 0.235. The van der Waals surface area contributed by atoms with Crippen LogP contribution in [0.4, 0.5) is 10.5 Å². The van der Waals surface area contributed by atoms with Gasteiger partial charge in [-0.25, -0.2) is 4.79 Å². The number of hydrogen-bond acceptors (Lipinski definition) is 2. The first-order valence-electron chi connectivity index (χ1n) is 6.93. The summed E-state index contributed by atoms with van der Waals surface area (Å²) in [6, 6.07) is 15.8. The molecule has 108 valence electrons. The van der Waals surface area contributed by atoms with E-state index in [9.17, 15) is 4.79 Å². The van der Waals surface area contributed by atoms with E-state index >= 15 is 0 Å². The summed E-state index contributed by atoms with van der Waals surface area (Å²) in [5.74, 6) is 0. The predicted molar refractivity (Wildman–Crippen MR) is 86.4 cm³/mol. The number of halogens is 1. The normalized spacial score (nSPS) is 16.7. The average molecular weight is 346 g/mol. The second-order valence-electron chi connectivity index (χ2n) is 5.24. The number of hydrogen-bond donors (Lipinski definition) is 0. The van der Waals surface area contributed by atoms with Crippen molar-refractivity contribution in [2.75, 3.05) is 4.90 Å². The lowest BCUT2D eigenvalue weighted by molar-refractivity contribution is 0.145. The number of rotatable bonds is 2. The van der Waals surface area contributed by atoms with E-state index in [1.54, 1.807) is 4.90 Å². The first-order valence-corrected chi connectivity index (χ1v) is 7.73. The molecule has 3 rings (SSSR count). The van der Waals surface area contributed by atoms with Crippen molar-refractivity contribution in [1.82, 2.24) is 0 Å². The highest BCUT2D eigenvalue weighted by Gasteiger charge is 2.32. The minimum absolute atomic E-state index is 0.123. The third kappa shape index (κ3) is 2.95. The lowest BCUT2D eigenvalue weighted by atomic mass is 10.1. The van der Waals surface area contributed by atoms with Crippen LogP contribution in [-0.2, 0) is 17.8 Å². The Kier molecular flexibility index (Phi) is 3.97. The zero-order chi connectivity index (χ0) is 14.8. The summed E-state index contributed by atoms with van der Waals surface area (Å²) >= 11 is 3.47. The lowest BCUT2D eigenvalue weighted by Gasteiger charge is -2.22. The van der Waals surface area contributed by atoms with E-state index in [1.165, 1.54) is 5.56 Å². The number of nitrogens with zero attached hydrogens (tertiary/aromatic N) is 1. The topological polar surface area (TPSA) is 29.5 Å². The number of fused-ring (bicyclic) bond motifs is 1. The van der Waals surface area contributed by atoms with Crippen LogP contribution in [0.5, 0.6) is 0 Å². The minimum Gasteiger partial charge on any atom is -0.444 e. The van der Waals surface area contributed by atoms with Crippen LogP contribution in [0.2, 0.25) is 0 Å². The molecular weight excluding hydrogens is 330 g/mol. The molecule has 1 atom stereocenters. The number of carbonyl (C=O) groups is 1. The Balaban J connectivity index is 1.73. The van der Waals surface area contributed by atoms with Gasteiger partial charge in [0.05, 0.1) is 5.69 Å². The molecule has 1 aliphatic rings. The van der Waals surface area contributed by atoms with Crippen LogP contribution in [0.15, 0.2) is 53.0 Å². The van der Waals surface area contributed by atoms with Crippen LogP contribution >= 0.6 is 15.9 Å². The van der Waals surface area contributed by atoms with Crippen molar-refractivity contribution >= 4 is 27.7 Å². The zero-order valence-electron chi connectivity index (χ0n) is 11.8. The van der Waals surface area contributed by atoms with Gasteiger partial charge in [0.15, 0.2) is 0 Å². The second kappa shape index (κ2) is 5.90. The monoisotopic (exact) mass is 345 g/mol. The van der Waals surface area contributed by atoms with Crippen molar-refractivity contribution in [2.24, 2.45) is 0 Å². The highest BCUT2D eigenvalue weighted by molar-refractivity contribution is 9.10. The van der Waals surface area contributed by atoms with E-state index in [2.05, 4.69) is 22.0 Å². The van der Waals surface area contributed by atoms with Crippen molar-refractivity contribution in [3.8, 4) is 0 Å². The molecule has 21 heavy (non-hydrogen) atoms. The molecule has 1 amide bonds. The van der Waals surface area contributed by atoms with E-state index in [-0.39, 0.29) is 12.1 Å². The van der Waals surface area contributed by atoms with Gasteiger partial charge in [-0.1, -0.05) is 46.3 Å². The minimum atomic E-state index is -0.285. The summed E-state index contributed by atoms with van der Waals surface area (Å²) < 4.78 is 6.48. The number of carbonyl (C=O) groups excluding carboxylic acids is 1. The molecule has 0 unspecified atom stereocenters. The predicted octanol–water partition coefficient (Wildman–Crippen LogP) is 4.54. The highest BCUT2D eigenvalue weighted by atomic mass is 79.9. The van der Waals surface area contributed by atoms with Crippen LogP contribution < -0.4 is 4.90 Å². The van der Waals surface area contributed by atoms with Crippen molar-refractivity contribution in [3.05, 3.63) is 64.1 Å². The van der Waals surface area contributed by atoms with Gasteiger partial charge in [-0.05, 0) is 42.7 Å². The molecule has 2 aromatic rings. The van der Waals surface area contributed by atoms with Gasteiger partial charge in [-0.2, -0.15) is 0 Å². The number of anilines is 1. The van der Waals surface area contributed by atoms with Gasteiger partial charge in [0.25, 0.3) is 0 Å². The van der Waals surface area contributed by atoms with Crippen LogP contribution in [0.3, 0.4) is 0 Å². The number of amides is 1. The summed E-state index contributed by atoms with van der Waals surface area (Å²) in [6.45, 7) is 2.34. The van der Waals surface area contributed by atoms with Gasteiger partial charge in [-0.3, -0.25) is 4.90 Å². The zero-order valence-corrected chi connectivity index (χ0v) is 13.3. The largest absolute Gasteiger partial charge is 0.444 e. The molecule has 1 heterocycles. The molecule has 0 N–H and O–H groups in total. The smallest absolute Gasteiger partial charge is 0.414 e. The summed E-state index contributed by atoms with van der Waals surface area (Å²) in [5.41, 5.74) is 3.12. The van der Waals surface area contributed by atoms with Crippen molar-refractivity contribution in [2.45, 2.75) is 26.0 Å². The Morgan fingerprint density at radius 2 is 2.05 bits per heavy atom. The Bertz CT molecular complexity index is 657. The fourth-order valence-corrected chi connectivity index (χ4v) is 3.08. The van der Waals surface area contributed by atoms with Gasteiger partial charge in [0.2, 0.25) is 0 Å². The van der Waals surface area contributed by atoms with Gasteiger partial charge in [0.1, 0.15) is 6.61 Å². The van der Waals surface area contributed by atoms with Crippen molar-refractivity contribution in [1.29, 1.82) is 0 Å². The first kappa shape index (κ1) is 14.1. The third-order valence-corrected chi connectivity index (χ3v) is 4.15. The van der Waals surface area contributed by atoms with E-state index in [0.29, 0.717) is 6.61 Å². The van der Waals surface area contributed by atoms with Crippen LogP contribution in [0.25, 0.3) is 0 Å². The molecule has 0 aromatic heterocycles. The molecule has 0 saturated carbocycles. The second-order valence-corrected chi connectivity index (χ2v) is 6.15. The molecule has 0 aliphatic carbocycles. The summed E-state index contributed by atoms with van der Waals surface area (Å²) in [4.78, 5) is 14.1.